The highest BCUT2D eigenvalue weighted by Crippen LogP contribution is 2.35. The van der Waals surface area contributed by atoms with Crippen LogP contribution >= 0.6 is 11.3 Å². The highest BCUT2D eigenvalue weighted by Gasteiger charge is 2.37. The first-order chi connectivity index (χ1) is 13.5. The number of carbonyl (C=O) groups is 1. The van der Waals surface area contributed by atoms with E-state index in [4.69, 9.17) is 0 Å². The van der Waals surface area contributed by atoms with Crippen LogP contribution in [-0.4, -0.2) is 43.2 Å². The number of likely N-dealkylation sites (tertiary alicyclic amines) is 1. The molecule has 2 saturated heterocycles. The van der Waals surface area contributed by atoms with Crippen LogP contribution in [0.1, 0.15) is 42.9 Å². The molecule has 2 aromatic rings. The van der Waals surface area contributed by atoms with Crippen molar-refractivity contribution >= 4 is 27.3 Å². The van der Waals surface area contributed by atoms with Gasteiger partial charge in [-0.3, -0.25) is 4.79 Å². The van der Waals surface area contributed by atoms with Crippen molar-refractivity contribution in [1.29, 1.82) is 0 Å². The number of benzene rings is 1. The van der Waals surface area contributed by atoms with Crippen molar-refractivity contribution in [1.82, 2.24) is 9.21 Å². The summed E-state index contributed by atoms with van der Waals surface area (Å²) in [5, 5.41) is 4.20. The zero-order valence-electron chi connectivity index (χ0n) is 15.9. The van der Waals surface area contributed by atoms with E-state index in [1.807, 2.05) is 35.2 Å². The van der Waals surface area contributed by atoms with E-state index in [1.165, 1.54) is 5.56 Å². The Morgan fingerprint density at radius 2 is 1.79 bits per heavy atom. The van der Waals surface area contributed by atoms with Gasteiger partial charge in [0.15, 0.2) is 0 Å². The molecule has 150 valence electrons. The van der Waals surface area contributed by atoms with Crippen LogP contribution in [0, 0.1) is 5.92 Å². The minimum absolute atomic E-state index is 0.0266. The number of carbonyl (C=O) groups excluding carboxylic acids is 1. The number of sulfonamides is 1. The van der Waals surface area contributed by atoms with Crippen LogP contribution in [0.4, 0.5) is 0 Å². The maximum absolute atomic E-state index is 13.1. The zero-order chi connectivity index (χ0) is 19.6. The molecular formula is C21H26N2O3S2. The molecule has 1 amide bonds. The maximum Gasteiger partial charge on any atom is 0.226 e. The van der Waals surface area contributed by atoms with Crippen molar-refractivity contribution in [2.75, 3.05) is 19.6 Å². The van der Waals surface area contributed by atoms with E-state index in [0.717, 1.165) is 24.9 Å². The molecule has 1 atom stereocenters. The molecule has 4 rings (SSSR count). The Kier molecular flexibility index (Phi) is 5.85. The molecule has 28 heavy (non-hydrogen) atoms. The Hall–Kier alpha value is -1.70. The largest absolute Gasteiger partial charge is 0.335 e. The SMILES string of the molecule is O=C(C1CCN(S(=O)(=O)Cc2ccccc2)CC1)N1CCC[C@@H]1c1ccsc1. The molecule has 2 aliphatic heterocycles. The van der Waals surface area contributed by atoms with Gasteiger partial charge < -0.3 is 4.90 Å². The van der Waals surface area contributed by atoms with Crippen LogP contribution in [0.25, 0.3) is 0 Å². The lowest BCUT2D eigenvalue weighted by molar-refractivity contribution is -0.137. The Morgan fingerprint density at radius 3 is 2.46 bits per heavy atom. The van der Waals surface area contributed by atoms with Gasteiger partial charge in [-0.2, -0.15) is 11.3 Å². The highest BCUT2D eigenvalue weighted by molar-refractivity contribution is 7.88. The summed E-state index contributed by atoms with van der Waals surface area (Å²) in [6.07, 6.45) is 3.28. The lowest BCUT2D eigenvalue weighted by atomic mass is 9.95. The predicted molar refractivity (Wildman–Crippen MR) is 111 cm³/mol. The summed E-state index contributed by atoms with van der Waals surface area (Å²) in [6.45, 7) is 1.68. The number of nitrogens with zero attached hydrogens (tertiary/aromatic N) is 2. The topological polar surface area (TPSA) is 57.7 Å². The summed E-state index contributed by atoms with van der Waals surface area (Å²) in [5.74, 6) is 0.162. The van der Waals surface area contributed by atoms with E-state index >= 15 is 0 Å². The van der Waals surface area contributed by atoms with Gasteiger partial charge in [-0.1, -0.05) is 30.3 Å². The van der Waals surface area contributed by atoms with Crippen molar-refractivity contribution in [2.45, 2.75) is 37.5 Å². The molecular weight excluding hydrogens is 392 g/mol. The van der Waals surface area contributed by atoms with E-state index < -0.39 is 10.0 Å². The van der Waals surface area contributed by atoms with Gasteiger partial charge in [0.1, 0.15) is 0 Å². The van der Waals surface area contributed by atoms with E-state index in [9.17, 15) is 13.2 Å². The fraction of sp³-hybridized carbons (Fsp3) is 0.476. The second kappa shape index (κ2) is 8.35. The third-order valence-corrected chi connectivity index (χ3v) is 8.40. The van der Waals surface area contributed by atoms with Crippen molar-refractivity contribution in [3.63, 3.8) is 0 Å². The number of piperidine rings is 1. The van der Waals surface area contributed by atoms with E-state index in [1.54, 1.807) is 15.6 Å². The summed E-state index contributed by atoms with van der Waals surface area (Å²) in [7, 11) is -3.34. The maximum atomic E-state index is 13.1. The van der Waals surface area contributed by atoms with Gasteiger partial charge in [0.05, 0.1) is 11.8 Å². The summed E-state index contributed by atoms with van der Waals surface area (Å²) in [5.41, 5.74) is 2.04. The standard InChI is InChI=1S/C21H26N2O3S2/c24-21(23-11-4-7-20(23)19-10-14-27-15-19)18-8-12-22(13-9-18)28(25,26)16-17-5-2-1-3-6-17/h1-3,5-6,10,14-15,18,20H,4,7-9,11-13,16H2/t20-/m1/s1. The first kappa shape index (κ1) is 19.6. The van der Waals surface area contributed by atoms with Crippen LogP contribution in [0.3, 0.4) is 0 Å². The van der Waals surface area contributed by atoms with Gasteiger partial charge in [-0.15, -0.1) is 0 Å². The molecule has 0 bridgehead atoms. The molecule has 0 radical (unpaired) electrons. The predicted octanol–water partition coefficient (Wildman–Crippen LogP) is 3.65. The molecule has 1 aromatic carbocycles. The molecule has 1 aromatic heterocycles. The Morgan fingerprint density at radius 1 is 1.04 bits per heavy atom. The Bertz CT molecular complexity index is 889. The van der Waals surface area contributed by atoms with Crippen molar-refractivity contribution in [3.8, 4) is 0 Å². The van der Waals surface area contributed by atoms with Gasteiger partial charge in [-0.25, -0.2) is 12.7 Å². The average molecular weight is 419 g/mol. The van der Waals surface area contributed by atoms with Gasteiger partial charge in [0.25, 0.3) is 0 Å². The normalized spacial score (nSPS) is 21.9. The number of amides is 1. The van der Waals surface area contributed by atoms with Crippen molar-refractivity contribution in [2.24, 2.45) is 5.92 Å². The monoisotopic (exact) mass is 418 g/mol. The third kappa shape index (κ3) is 4.16. The van der Waals surface area contributed by atoms with Crippen LogP contribution in [-0.2, 0) is 20.6 Å². The molecule has 2 aliphatic rings. The van der Waals surface area contributed by atoms with Crippen LogP contribution in [0.5, 0.6) is 0 Å². The molecule has 2 fully saturated rings. The fourth-order valence-electron chi connectivity index (χ4n) is 4.33. The quantitative estimate of drug-likeness (QED) is 0.745. The summed E-state index contributed by atoms with van der Waals surface area (Å²) >= 11 is 1.67. The van der Waals surface area contributed by atoms with Crippen LogP contribution in [0.15, 0.2) is 47.2 Å². The second-order valence-corrected chi connectivity index (χ2v) is 10.4. The number of hydrogen-bond donors (Lipinski definition) is 0. The molecule has 0 saturated carbocycles. The van der Waals surface area contributed by atoms with E-state index in [2.05, 4.69) is 16.8 Å². The lowest BCUT2D eigenvalue weighted by Crippen LogP contribution is -2.44. The van der Waals surface area contributed by atoms with Gasteiger partial charge >= 0.3 is 0 Å². The number of hydrogen-bond acceptors (Lipinski definition) is 4. The number of thiophene rings is 1. The van der Waals surface area contributed by atoms with Crippen LogP contribution < -0.4 is 0 Å². The van der Waals surface area contributed by atoms with Crippen LogP contribution in [0.2, 0.25) is 0 Å². The summed E-state index contributed by atoms with van der Waals surface area (Å²) in [6, 6.07) is 11.6. The highest BCUT2D eigenvalue weighted by atomic mass is 32.2. The first-order valence-electron chi connectivity index (χ1n) is 9.89. The molecule has 7 heteroatoms. The minimum Gasteiger partial charge on any atom is -0.335 e. The Labute approximate surface area is 171 Å². The van der Waals surface area contributed by atoms with Gasteiger partial charge in [0.2, 0.25) is 15.9 Å². The first-order valence-corrected chi connectivity index (χ1v) is 12.4. The third-order valence-electron chi connectivity index (χ3n) is 5.85. The molecule has 5 nitrogen and oxygen atoms in total. The van der Waals surface area contributed by atoms with E-state index in [-0.39, 0.29) is 23.6 Å². The smallest absolute Gasteiger partial charge is 0.226 e. The summed E-state index contributed by atoms with van der Waals surface area (Å²) in [4.78, 5) is 15.1. The summed E-state index contributed by atoms with van der Waals surface area (Å²) < 4.78 is 27.0. The molecule has 0 aliphatic carbocycles. The zero-order valence-corrected chi connectivity index (χ0v) is 17.5. The number of rotatable bonds is 5. The molecule has 0 N–H and O–H groups in total. The van der Waals surface area contributed by atoms with Crippen molar-refractivity contribution in [3.05, 3.63) is 58.3 Å². The molecule has 0 unspecified atom stereocenters. The Balaban J connectivity index is 1.36. The fourth-order valence-corrected chi connectivity index (χ4v) is 6.60. The average Bonchev–Trinajstić information content (AvgIpc) is 3.39. The second-order valence-electron chi connectivity index (χ2n) is 7.66. The molecule has 3 heterocycles. The minimum atomic E-state index is -3.34. The van der Waals surface area contributed by atoms with Gasteiger partial charge in [0, 0.05) is 25.6 Å². The van der Waals surface area contributed by atoms with Gasteiger partial charge in [-0.05, 0) is 53.6 Å². The molecule has 0 spiro atoms. The lowest BCUT2D eigenvalue weighted by Gasteiger charge is -2.34. The van der Waals surface area contributed by atoms with Crippen molar-refractivity contribution < 1.29 is 13.2 Å². The van der Waals surface area contributed by atoms with E-state index in [0.29, 0.717) is 25.9 Å².